The van der Waals surface area contributed by atoms with E-state index in [9.17, 15) is 4.39 Å². The number of nitrogens with one attached hydrogen (secondary N) is 1. The third-order valence-corrected chi connectivity index (χ3v) is 3.51. The Morgan fingerprint density at radius 1 is 1.25 bits per heavy atom. The highest BCUT2D eigenvalue weighted by Gasteiger charge is 2.15. The van der Waals surface area contributed by atoms with Crippen molar-refractivity contribution in [2.24, 2.45) is 0 Å². The summed E-state index contributed by atoms with van der Waals surface area (Å²) in [7, 11) is 1.64. The highest BCUT2D eigenvalue weighted by atomic mass is 35.5. The molecule has 1 atom stereocenters. The first-order valence-corrected chi connectivity index (χ1v) is 6.88. The molecule has 0 radical (unpaired) electrons. The summed E-state index contributed by atoms with van der Waals surface area (Å²) in [6.07, 6.45) is 0.827. The summed E-state index contributed by atoms with van der Waals surface area (Å²) in [5.74, 6) is 0.492. The number of hydrogen-bond acceptors (Lipinski definition) is 2. The van der Waals surface area contributed by atoms with Gasteiger partial charge in [0.05, 0.1) is 23.9 Å². The maximum absolute atomic E-state index is 13.3. The standard InChI is InChI=1S/C16H17ClFNO/c1-3-14(12-6-4-5-7-16(12)20-2)19-15-10-11(18)8-9-13(15)17/h4-10,14,19H,3H2,1-2H3. The third-order valence-electron chi connectivity index (χ3n) is 3.18. The second kappa shape index (κ2) is 6.62. The van der Waals surface area contributed by atoms with Crippen molar-refractivity contribution in [1.29, 1.82) is 0 Å². The molecule has 0 aliphatic carbocycles. The Bertz CT molecular complexity index is 588. The molecule has 4 heteroatoms. The molecule has 2 aromatic rings. The van der Waals surface area contributed by atoms with Crippen molar-refractivity contribution in [1.82, 2.24) is 0 Å². The van der Waals surface area contributed by atoms with Crippen LogP contribution in [-0.2, 0) is 0 Å². The molecule has 106 valence electrons. The lowest BCUT2D eigenvalue weighted by atomic mass is 10.0. The van der Waals surface area contributed by atoms with Crippen LogP contribution >= 0.6 is 11.6 Å². The summed E-state index contributed by atoms with van der Waals surface area (Å²) in [4.78, 5) is 0. The quantitative estimate of drug-likeness (QED) is 0.833. The van der Waals surface area contributed by atoms with E-state index >= 15 is 0 Å². The van der Waals surface area contributed by atoms with Gasteiger partial charge in [-0.2, -0.15) is 0 Å². The Kier molecular flexibility index (Phi) is 4.85. The van der Waals surface area contributed by atoms with Crippen LogP contribution in [0.15, 0.2) is 42.5 Å². The Hall–Kier alpha value is -1.74. The van der Waals surface area contributed by atoms with Crippen LogP contribution in [0.3, 0.4) is 0 Å². The normalized spacial score (nSPS) is 12.0. The fourth-order valence-corrected chi connectivity index (χ4v) is 2.32. The lowest BCUT2D eigenvalue weighted by Crippen LogP contribution is -2.11. The monoisotopic (exact) mass is 293 g/mol. The van der Waals surface area contributed by atoms with Gasteiger partial charge in [0.15, 0.2) is 0 Å². The highest BCUT2D eigenvalue weighted by Crippen LogP contribution is 2.32. The molecule has 0 aliphatic rings. The molecule has 1 N–H and O–H groups in total. The van der Waals surface area contributed by atoms with Gasteiger partial charge in [0.1, 0.15) is 11.6 Å². The predicted molar refractivity (Wildman–Crippen MR) is 81.1 cm³/mol. The van der Waals surface area contributed by atoms with Crippen LogP contribution in [0.1, 0.15) is 24.9 Å². The summed E-state index contributed by atoms with van der Waals surface area (Å²) in [5, 5.41) is 3.78. The van der Waals surface area contributed by atoms with Gasteiger partial charge in [-0.1, -0.05) is 36.7 Å². The number of hydrogen-bond donors (Lipinski definition) is 1. The molecule has 0 aromatic heterocycles. The lowest BCUT2D eigenvalue weighted by molar-refractivity contribution is 0.406. The third kappa shape index (κ3) is 3.23. The van der Waals surface area contributed by atoms with Crippen LogP contribution in [0, 0.1) is 5.82 Å². The van der Waals surface area contributed by atoms with Gasteiger partial charge in [0.2, 0.25) is 0 Å². The molecule has 2 aromatic carbocycles. The molecule has 2 nitrogen and oxygen atoms in total. The fourth-order valence-electron chi connectivity index (χ4n) is 2.15. The number of halogens is 2. The zero-order valence-electron chi connectivity index (χ0n) is 11.5. The number of methoxy groups -OCH3 is 1. The largest absolute Gasteiger partial charge is 0.496 e. The maximum atomic E-state index is 13.3. The molecule has 0 saturated heterocycles. The van der Waals surface area contributed by atoms with Crippen LogP contribution in [0.2, 0.25) is 5.02 Å². The van der Waals surface area contributed by atoms with E-state index in [0.717, 1.165) is 17.7 Å². The smallest absolute Gasteiger partial charge is 0.125 e. The minimum Gasteiger partial charge on any atom is -0.496 e. The van der Waals surface area contributed by atoms with Crippen molar-refractivity contribution in [3.05, 3.63) is 58.9 Å². The molecule has 2 rings (SSSR count). The van der Waals surface area contributed by atoms with Gasteiger partial charge >= 0.3 is 0 Å². The van der Waals surface area contributed by atoms with E-state index in [-0.39, 0.29) is 11.9 Å². The van der Waals surface area contributed by atoms with E-state index in [1.165, 1.54) is 12.1 Å². The van der Waals surface area contributed by atoms with E-state index in [4.69, 9.17) is 16.3 Å². The van der Waals surface area contributed by atoms with E-state index < -0.39 is 0 Å². The van der Waals surface area contributed by atoms with E-state index in [2.05, 4.69) is 12.2 Å². The van der Waals surface area contributed by atoms with Crippen molar-refractivity contribution in [3.63, 3.8) is 0 Å². The Labute approximate surface area is 123 Å². The highest BCUT2D eigenvalue weighted by molar-refractivity contribution is 6.33. The average molecular weight is 294 g/mol. The molecule has 1 unspecified atom stereocenters. The molecule has 0 bridgehead atoms. The van der Waals surface area contributed by atoms with E-state index in [1.807, 2.05) is 24.3 Å². The fraction of sp³-hybridized carbons (Fsp3) is 0.250. The minimum atomic E-state index is -0.313. The van der Waals surface area contributed by atoms with Gasteiger partial charge in [0, 0.05) is 5.56 Å². The molecule has 0 fully saturated rings. The molecule has 0 aliphatic heterocycles. The van der Waals surface area contributed by atoms with Crippen LogP contribution in [-0.4, -0.2) is 7.11 Å². The van der Waals surface area contributed by atoms with Crippen LogP contribution in [0.25, 0.3) is 0 Å². The van der Waals surface area contributed by atoms with Gasteiger partial charge < -0.3 is 10.1 Å². The van der Waals surface area contributed by atoms with Crippen molar-refractivity contribution < 1.29 is 9.13 Å². The minimum absolute atomic E-state index is 0.00505. The summed E-state index contributed by atoms with van der Waals surface area (Å²) in [6.45, 7) is 2.05. The van der Waals surface area contributed by atoms with Gasteiger partial charge in [-0.05, 0) is 30.7 Å². The molecule has 0 spiro atoms. The first-order chi connectivity index (χ1) is 9.65. The second-order valence-corrected chi connectivity index (χ2v) is 4.88. The molecule has 0 amide bonds. The van der Waals surface area contributed by atoms with Crippen molar-refractivity contribution in [2.45, 2.75) is 19.4 Å². The summed E-state index contributed by atoms with van der Waals surface area (Å²) in [5.41, 5.74) is 1.61. The Balaban J connectivity index is 2.31. The second-order valence-electron chi connectivity index (χ2n) is 4.47. The predicted octanol–water partition coefficient (Wildman–Crippen LogP) is 5.05. The number of anilines is 1. The zero-order valence-corrected chi connectivity index (χ0v) is 12.2. The Morgan fingerprint density at radius 2 is 2.00 bits per heavy atom. The SMILES string of the molecule is CCC(Nc1cc(F)ccc1Cl)c1ccccc1OC. The van der Waals surface area contributed by atoms with Crippen molar-refractivity contribution in [3.8, 4) is 5.75 Å². The molecular formula is C16H17ClFNO. The number of rotatable bonds is 5. The molecular weight excluding hydrogens is 277 g/mol. The number of para-hydroxylation sites is 1. The van der Waals surface area contributed by atoms with Gasteiger partial charge in [-0.3, -0.25) is 0 Å². The topological polar surface area (TPSA) is 21.3 Å². The van der Waals surface area contributed by atoms with Gasteiger partial charge in [-0.25, -0.2) is 4.39 Å². The summed E-state index contributed by atoms with van der Waals surface area (Å²) < 4.78 is 18.7. The zero-order chi connectivity index (χ0) is 14.5. The maximum Gasteiger partial charge on any atom is 0.125 e. The van der Waals surface area contributed by atoms with Crippen molar-refractivity contribution >= 4 is 17.3 Å². The lowest BCUT2D eigenvalue weighted by Gasteiger charge is -2.21. The number of ether oxygens (including phenoxy) is 1. The number of benzene rings is 2. The van der Waals surface area contributed by atoms with Crippen LogP contribution in [0.4, 0.5) is 10.1 Å². The molecule has 0 saturated carbocycles. The van der Waals surface area contributed by atoms with Crippen molar-refractivity contribution in [2.75, 3.05) is 12.4 Å². The van der Waals surface area contributed by atoms with Gasteiger partial charge in [0.25, 0.3) is 0 Å². The van der Waals surface area contributed by atoms with Crippen LogP contribution < -0.4 is 10.1 Å². The average Bonchev–Trinajstić information content (AvgIpc) is 2.48. The first kappa shape index (κ1) is 14.7. The molecule has 0 heterocycles. The Morgan fingerprint density at radius 3 is 2.70 bits per heavy atom. The molecule has 20 heavy (non-hydrogen) atoms. The van der Waals surface area contributed by atoms with E-state index in [1.54, 1.807) is 13.2 Å². The first-order valence-electron chi connectivity index (χ1n) is 6.50. The van der Waals surface area contributed by atoms with Crippen LogP contribution in [0.5, 0.6) is 5.75 Å². The van der Waals surface area contributed by atoms with Gasteiger partial charge in [-0.15, -0.1) is 0 Å². The summed E-state index contributed by atoms with van der Waals surface area (Å²) >= 11 is 6.10. The summed E-state index contributed by atoms with van der Waals surface area (Å²) in [6, 6.07) is 12.1. The van der Waals surface area contributed by atoms with E-state index in [0.29, 0.717) is 10.7 Å².